The van der Waals surface area contributed by atoms with Gasteiger partial charge in [0, 0.05) is 12.2 Å². The number of hydrogen-bond acceptors (Lipinski definition) is 3. The average molecular weight is 446 g/mol. The number of carboxylic acid groups (broad SMARTS) is 1. The molecule has 30 heavy (non-hydrogen) atoms. The summed E-state index contributed by atoms with van der Waals surface area (Å²) in [6.45, 7) is 0.392. The number of rotatable bonds is 8. The third kappa shape index (κ3) is 5.23. The Labute approximate surface area is 184 Å². The first-order chi connectivity index (χ1) is 14.4. The van der Waals surface area contributed by atoms with E-state index in [9.17, 15) is 9.59 Å². The summed E-state index contributed by atoms with van der Waals surface area (Å²) in [4.78, 5) is 23.7. The van der Waals surface area contributed by atoms with Gasteiger partial charge < -0.3 is 14.4 Å². The first kappa shape index (κ1) is 21.9. The molecule has 3 rings (SSSR count). The van der Waals surface area contributed by atoms with Crippen LogP contribution in [-0.2, 0) is 25.8 Å². The van der Waals surface area contributed by atoms with E-state index < -0.39 is 5.97 Å². The van der Waals surface area contributed by atoms with Crippen molar-refractivity contribution in [1.29, 1.82) is 0 Å². The summed E-state index contributed by atoms with van der Waals surface area (Å²) >= 11 is 12.5. The van der Waals surface area contributed by atoms with Gasteiger partial charge in [0.05, 0.1) is 17.7 Å². The predicted octanol–water partition coefficient (Wildman–Crippen LogP) is 4.89. The standard InChI is InChI=1S/C23H21Cl2NO4/c1-30-18-9-4-15(5-10-18)6-11-21-19(24)14-20(25)22(27)26(21)13-12-16-2-7-17(8-3-16)23(28)29/h2-5,7-10,14H,6,11-13H2,1H3,(H,28,29). The van der Waals surface area contributed by atoms with Gasteiger partial charge in [0.25, 0.3) is 5.56 Å². The zero-order valence-electron chi connectivity index (χ0n) is 16.4. The molecule has 1 aromatic heterocycles. The molecule has 5 nitrogen and oxygen atoms in total. The van der Waals surface area contributed by atoms with Crippen LogP contribution in [0.4, 0.5) is 0 Å². The minimum absolute atomic E-state index is 0.0782. The molecule has 0 unspecified atom stereocenters. The molecule has 0 aliphatic rings. The van der Waals surface area contributed by atoms with Crippen molar-refractivity contribution in [2.24, 2.45) is 0 Å². The Kier molecular flexibility index (Phi) is 7.19. The molecule has 2 aromatic carbocycles. The molecule has 0 saturated carbocycles. The molecule has 1 heterocycles. The third-order valence-corrected chi connectivity index (χ3v) is 5.54. The van der Waals surface area contributed by atoms with Gasteiger partial charge in [0.15, 0.2) is 0 Å². The van der Waals surface area contributed by atoms with Crippen molar-refractivity contribution in [3.63, 3.8) is 0 Å². The van der Waals surface area contributed by atoms with Crippen LogP contribution in [-0.4, -0.2) is 22.8 Å². The van der Waals surface area contributed by atoms with Gasteiger partial charge in [-0.05, 0) is 60.7 Å². The Morgan fingerprint density at radius 3 is 2.13 bits per heavy atom. The lowest BCUT2D eigenvalue weighted by Gasteiger charge is -2.16. The number of aromatic nitrogens is 1. The lowest BCUT2D eigenvalue weighted by atomic mass is 10.1. The molecular weight excluding hydrogens is 425 g/mol. The molecule has 0 aliphatic carbocycles. The smallest absolute Gasteiger partial charge is 0.335 e. The predicted molar refractivity (Wildman–Crippen MR) is 118 cm³/mol. The molecule has 0 saturated heterocycles. The number of carbonyl (C=O) groups is 1. The highest BCUT2D eigenvalue weighted by Gasteiger charge is 2.13. The van der Waals surface area contributed by atoms with E-state index in [2.05, 4.69) is 0 Å². The molecule has 0 aliphatic heterocycles. The second-order valence-electron chi connectivity index (χ2n) is 6.84. The highest BCUT2D eigenvalue weighted by Crippen LogP contribution is 2.21. The van der Waals surface area contributed by atoms with Crippen molar-refractivity contribution < 1.29 is 14.6 Å². The third-order valence-electron chi connectivity index (χ3n) is 4.94. The molecule has 0 amide bonds. The van der Waals surface area contributed by atoms with Gasteiger partial charge >= 0.3 is 5.97 Å². The minimum Gasteiger partial charge on any atom is -0.497 e. The van der Waals surface area contributed by atoms with Gasteiger partial charge in [-0.3, -0.25) is 4.79 Å². The number of methoxy groups -OCH3 is 1. The van der Waals surface area contributed by atoms with Gasteiger partial charge in [0.1, 0.15) is 10.8 Å². The summed E-state index contributed by atoms with van der Waals surface area (Å²) in [5.74, 6) is -0.186. The maximum absolute atomic E-state index is 12.7. The minimum atomic E-state index is -0.972. The zero-order chi connectivity index (χ0) is 21.7. The number of benzene rings is 2. The van der Waals surface area contributed by atoms with Crippen LogP contribution < -0.4 is 10.3 Å². The molecule has 156 valence electrons. The number of hydrogen-bond donors (Lipinski definition) is 1. The first-order valence-corrected chi connectivity index (χ1v) is 10.2. The molecule has 3 aromatic rings. The van der Waals surface area contributed by atoms with Crippen molar-refractivity contribution in [2.45, 2.75) is 25.8 Å². The summed E-state index contributed by atoms with van der Waals surface area (Å²) in [7, 11) is 1.62. The number of carboxylic acids is 1. The van der Waals surface area contributed by atoms with Crippen LogP contribution in [0.3, 0.4) is 0 Å². The molecule has 0 fully saturated rings. The Morgan fingerprint density at radius 2 is 1.53 bits per heavy atom. The summed E-state index contributed by atoms with van der Waals surface area (Å²) in [6.07, 6.45) is 1.83. The van der Waals surface area contributed by atoms with Crippen LogP contribution in [0, 0.1) is 0 Å². The van der Waals surface area contributed by atoms with E-state index in [-0.39, 0.29) is 16.1 Å². The molecular formula is C23H21Cl2NO4. The van der Waals surface area contributed by atoms with Crippen LogP contribution in [0.25, 0.3) is 0 Å². The largest absolute Gasteiger partial charge is 0.497 e. The van der Waals surface area contributed by atoms with Gasteiger partial charge in [-0.15, -0.1) is 0 Å². The Hall–Kier alpha value is -2.76. The zero-order valence-corrected chi connectivity index (χ0v) is 17.9. The lowest BCUT2D eigenvalue weighted by molar-refractivity contribution is 0.0697. The Bertz CT molecular complexity index is 1090. The monoisotopic (exact) mass is 445 g/mol. The van der Waals surface area contributed by atoms with Crippen LogP contribution in [0.2, 0.25) is 10.0 Å². The summed E-state index contributed by atoms with van der Waals surface area (Å²) in [5, 5.41) is 9.55. The normalized spacial score (nSPS) is 10.8. The molecule has 0 bridgehead atoms. The van der Waals surface area contributed by atoms with Gasteiger partial charge in [0.2, 0.25) is 0 Å². The van der Waals surface area contributed by atoms with Crippen molar-refractivity contribution in [3.05, 3.63) is 97.4 Å². The van der Waals surface area contributed by atoms with E-state index >= 15 is 0 Å². The SMILES string of the molecule is COc1ccc(CCc2c(Cl)cc(Cl)c(=O)n2CCc2ccc(C(=O)O)cc2)cc1. The van der Waals surface area contributed by atoms with E-state index in [1.807, 2.05) is 24.3 Å². The highest BCUT2D eigenvalue weighted by atomic mass is 35.5. The van der Waals surface area contributed by atoms with Crippen LogP contribution in [0.5, 0.6) is 5.75 Å². The Morgan fingerprint density at radius 1 is 0.933 bits per heavy atom. The van der Waals surface area contributed by atoms with Crippen molar-refractivity contribution in [3.8, 4) is 5.75 Å². The fourth-order valence-electron chi connectivity index (χ4n) is 3.24. The molecule has 7 heteroatoms. The number of pyridine rings is 1. The van der Waals surface area contributed by atoms with Gasteiger partial charge in [-0.1, -0.05) is 47.5 Å². The molecule has 0 radical (unpaired) electrons. The van der Waals surface area contributed by atoms with Crippen molar-refractivity contribution >= 4 is 29.2 Å². The quantitative estimate of drug-likeness (QED) is 0.535. The average Bonchev–Trinajstić information content (AvgIpc) is 2.75. The lowest BCUT2D eigenvalue weighted by Crippen LogP contribution is -2.25. The summed E-state index contributed by atoms with van der Waals surface area (Å²) in [6, 6.07) is 15.8. The van der Waals surface area contributed by atoms with Crippen LogP contribution in [0.1, 0.15) is 27.2 Å². The van der Waals surface area contributed by atoms with Crippen molar-refractivity contribution in [1.82, 2.24) is 4.57 Å². The maximum Gasteiger partial charge on any atom is 0.335 e. The fourth-order valence-corrected chi connectivity index (χ4v) is 3.81. The van der Waals surface area contributed by atoms with Crippen molar-refractivity contribution in [2.75, 3.05) is 7.11 Å². The number of aromatic carboxylic acids is 1. The number of aryl methyl sites for hydroxylation is 2. The summed E-state index contributed by atoms with van der Waals surface area (Å²) in [5.41, 5.74) is 2.69. The van der Waals surface area contributed by atoms with E-state index in [4.69, 9.17) is 33.0 Å². The van der Waals surface area contributed by atoms with Crippen LogP contribution in [0.15, 0.2) is 59.4 Å². The van der Waals surface area contributed by atoms with Gasteiger partial charge in [-0.2, -0.15) is 0 Å². The number of halogens is 2. The molecule has 0 spiro atoms. The number of ether oxygens (including phenoxy) is 1. The van der Waals surface area contributed by atoms with Gasteiger partial charge in [-0.25, -0.2) is 4.79 Å². The molecule has 1 N–H and O–H groups in total. The van der Waals surface area contributed by atoms with Crippen LogP contribution >= 0.6 is 23.2 Å². The topological polar surface area (TPSA) is 68.5 Å². The van der Waals surface area contributed by atoms with E-state index in [1.54, 1.807) is 35.9 Å². The first-order valence-electron chi connectivity index (χ1n) is 9.42. The van der Waals surface area contributed by atoms with E-state index in [0.717, 1.165) is 22.6 Å². The molecule has 0 atom stereocenters. The summed E-state index contributed by atoms with van der Waals surface area (Å²) < 4.78 is 6.79. The Balaban J connectivity index is 1.80. The fraction of sp³-hybridized carbons (Fsp3) is 0.217. The second-order valence-corrected chi connectivity index (χ2v) is 7.66. The highest BCUT2D eigenvalue weighted by molar-refractivity contribution is 6.34. The maximum atomic E-state index is 12.7. The van der Waals surface area contributed by atoms with E-state index in [1.165, 1.54) is 6.07 Å². The second kappa shape index (κ2) is 9.83. The van der Waals surface area contributed by atoms with E-state index in [0.29, 0.717) is 30.8 Å². The number of nitrogens with zero attached hydrogens (tertiary/aromatic N) is 1.